The zero-order chi connectivity index (χ0) is 20.2. The molecule has 0 saturated carbocycles. The molecule has 1 fully saturated rings. The first-order valence-corrected chi connectivity index (χ1v) is 10.1. The molecule has 4 heteroatoms. The van der Waals surface area contributed by atoms with E-state index in [0.717, 1.165) is 54.0 Å². The normalized spacial score (nSPS) is 14.8. The molecule has 3 nitrogen and oxygen atoms in total. The van der Waals surface area contributed by atoms with Crippen molar-refractivity contribution in [1.29, 1.82) is 0 Å². The molecule has 0 bridgehead atoms. The summed E-state index contributed by atoms with van der Waals surface area (Å²) in [5.41, 5.74) is 4.93. The smallest absolute Gasteiger partial charge is 0.253 e. The van der Waals surface area contributed by atoms with Gasteiger partial charge in [-0.05, 0) is 73.7 Å². The van der Waals surface area contributed by atoms with Crippen LogP contribution in [0.5, 0.6) is 0 Å². The van der Waals surface area contributed by atoms with E-state index in [4.69, 9.17) is 4.98 Å². The number of carbonyl (C=O) groups is 1. The van der Waals surface area contributed by atoms with E-state index in [-0.39, 0.29) is 11.7 Å². The Kier molecular flexibility index (Phi) is 5.70. The van der Waals surface area contributed by atoms with E-state index in [1.807, 2.05) is 48.2 Å². The van der Waals surface area contributed by atoms with Crippen LogP contribution >= 0.6 is 0 Å². The van der Waals surface area contributed by atoms with Crippen LogP contribution in [0.25, 0.3) is 0 Å². The Morgan fingerprint density at radius 2 is 1.76 bits per heavy atom. The van der Waals surface area contributed by atoms with Crippen molar-refractivity contribution >= 4 is 5.91 Å². The summed E-state index contributed by atoms with van der Waals surface area (Å²) in [6, 6.07) is 20.4. The summed E-state index contributed by atoms with van der Waals surface area (Å²) < 4.78 is 13.5. The van der Waals surface area contributed by atoms with Gasteiger partial charge < -0.3 is 4.90 Å². The van der Waals surface area contributed by atoms with Gasteiger partial charge >= 0.3 is 0 Å². The molecule has 1 amide bonds. The average molecular weight is 388 g/mol. The lowest BCUT2D eigenvalue weighted by atomic mass is 9.91. The van der Waals surface area contributed by atoms with E-state index in [2.05, 4.69) is 12.1 Å². The summed E-state index contributed by atoms with van der Waals surface area (Å²) >= 11 is 0. The Balaban J connectivity index is 1.44. The van der Waals surface area contributed by atoms with Gasteiger partial charge in [0.15, 0.2) is 0 Å². The van der Waals surface area contributed by atoms with E-state index in [0.29, 0.717) is 12.3 Å². The second-order valence-corrected chi connectivity index (χ2v) is 7.78. The van der Waals surface area contributed by atoms with Gasteiger partial charge in [-0.15, -0.1) is 0 Å². The number of rotatable bonds is 4. The first-order chi connectivity index (χ1) is 14.1. The number of hydrogen-bond acceptors (Lipinski definition) is 2. The zero-order valence-corrected chi connectivity index (χ0v) is 16.6. The fourth-order valence-corrected chi connectivity index (χ4v) is 4.10. The molecule has 148 valence electrons. The molecular weight excluding hydrogens is 363 g/mol. The number of halogens is 1. The molecular formula is C25H25FN2O. The molecule has 0 spiro atoms. The first-order valence-electron chi connectivity index (χ1n) is 10.1. The lowest BCUT2D eigenvalue weighted by Gasteiger charge is -2.32. The van der Waals surface area contributed by atoms with Crippen molar-refractivity contribution in [3.8, 4) is 0 Å². The summed E-state index contributed by atoms with van der Waals surface area (Å²) in [4.78, 5) is 19.4. The summed E-state index contributed by atoms with van der Waals surface area (Å²) in [7, 11) is 0. The van der Waals surface area contributed by atoms with Gasteiger partial charge in [-0.1, -0.05) is 30.3 Å². The summed E-state index contributed by atoms with van der Waals surface area (Å²) in [6.07, 6.45) is 2.52. The van der Waals surface area contributed by atoms with Crippen LogP contribution in [0.2, 0.25) is 0 Å². The molecule has 4 rings (SSSR count). The second-order valence-electron chi connectivity index (χ2n) is 7.78. The average Bonchev–Trinajstić information content (AvgIpc) is 2.73. The SMILES string of the molecule is Cc1cc(Cc2cccc(F)c2)cc(C2CCN(C(=O)c3ccccc3)CC2)n1. The number of benzene rings is 2. The third kappa shape index (κ3) is 4.70. The van der Waals surface area contributed by atoms with Gasteiger partial charge in [0.1, 0.15) is 5.82 Å². The van der Waals surface area contributed by atoms with E-state index >= 15 is 0 Å². The molecule has 3 aromatic rings. The van der Waals surface area contributed by atoms with Crippen LogP contribution in [-0.2, 0) is 6.42 Å². The number of nitrogens with zero attached hydrogens (tertiary/aromatic N) is 2. The Hall–Kier alpha value is -3.01. The number of carbonyl (C=O) groups excluding carboxylic acids is 1. The number of aromatic nitrogens is 1. The van der Waals surface area contributed by atoms with Crippen molar-refractivity contribution in [2.45, 2.75) is 32.1 Å². The highest BCUT2D eigenvalue weighted by Gasteiger charge is 2.25. The second kappa shape index (κ2) is 8.56. The van der Waals surface area contributed by atoms with Crippen LogP contribution in [0, 0.1) is 12.7 Å². The minimum absolute atomic E-state index is 0.105. The zero-order valence-electron chi connectivity index (χ0n) is 16.6. The minimum Gasteiger partial charge on any atom is -0.339 e. The van der Waals surface area contributed by atoms with Crippen LogP contribution in [0.3, 0.4) is 0 Å². The Morgan fingerprint density at radius 3 is 2.48 bits per heavy atom. The number of piperidine rings is 1. The van der Waals surface area contributed by atoms with Gasteiger partial charge in [0.25, 0.3) is 5.91 Å². The predicted octanol–water partition coefficient (Wildman–Crippen LogP) is 5.14. The van der Waals surface area contributed by atoms with E-state index in [1.165, 1.54) is 6.07 Å². The Morgan fingerprint density at radius 1 is 1.00 bits per heavy atom. The predicted molar refractivity (Wildman–Crippen MR) is 113 cm³/mol. The largest absolute Gasteiger partial charge is 0.339 e. The fraction of sp³-hybridized carbons (Fsp3) is 0.280. The lowest BCUT2D eigenvalue weighted by Crippen LogP contribution is -2.38. The summed E-state index contributed by atoms with van der Waals surface area (Å²) in [6.45, 7) is 3.49. The maximum atomic E-state index is 13.5. The molecule has 0 radical (unpaired) electrons. The quantitative estimate of drug-likeness (QED) is 0.620. The Labute approximate surface area is 171 Å². The van der Waals surface area contributed by atoms with Gasteiger partial charge in [0, 0.05) is 36.0 Å². The topological polar surface area (TPSA) is 33.2 Å². The first kappa shape index (κ1) is 19.3. The van der Waals surface area contributed by atoms with Gasteiger partial charge in [0.05, 0.1) is 0 Å². The number of amides is 1. The number of hydrogen-bond donors (Lipinski definition) is 0. The maximum absolute atomic E-state index is 13.5. The molecule has 0 aliphatic carbocycles. The van der Waals surface area contributed by atoms with E-state index < -0.39 is 0 Å². The van der Waals surface area contributed by atoms with Crippen molar-refractivity contribution in [1.82, 2.24) is 9.88 Å². The summed E-state index contributed by atoms with van der Waals surface area (Å²) in [5.74, 6) is 0.248. The van der Waals surface area contributed by atoms with Crippen LogP contribution in [0.1, 0.15) is 51.6 Å². The van der Waals surface area contributed by atoms with Crippen LogP contribution in [0.4, 0.5) is 4.39 Å². The lowest BCUT2D eigenvalue weighted by molar-refractivity contribution is 0.0712. The van der Waals surface area contributed by atoms with Gasteiger partial charge in [-0.25, -0.2) is 4.39 Å². The monoisotopic (exact) mass is 388 g/mol. The fourth-order valence-electron chi connectivity index (χ4n) is 4.10. The van der Waals surface area contributed by atoms with Crippen LogP contribution in [0.15, 0.2) is 66.7 Å². The van der Waals surface area contributed by atoms with Gasteiger partial charge in [-0.3, -0.25) is 9.78 Å². The molecule has 2 aromatic carbocycles. The summed E-state index contributed by atoms with van der Waals surface area (Å²) in [5, 5.41) is 0. The van der Waals surface area contributed by atoms with Crippen molar-refractivity contribution in [3.63, 3.8) is 0 Å². The molecule has 2 heterocycles. The highest BCUT2D eigenvalue weighted by atomic mass is 19.1. The highest BCUT2D eigenvalue weighted by Crippen LogP contribution is 2.29. The highest BCUT2D eigenvalue weighted by molar-refractivity contribution is 5.94. The third-order valence-corrected chi connectivity index (χ3v) is 5.55. The van der Waals surface area contributed by atoms with Crippen molar-refractivity contribution in [2.75, 3.05) is 13.1 Å². The maximum Gasteiger partial charge on any atom is 0.253 e. The van der Waals surface area contributed by atoms with Crippen molar-refractivity contribution in [2.24, 2.45) is 0 Å². The third-order valence-electron chi connectivity index (χ3n) is 5.55. The van der Waals surface area contributed by atoms with Crippen LogP contribution < -0.4 is 0 Å². The molecule has 1 aromatic heterocycles. The van der Waals surface area contributed by atoms with E-state index in [9.17, 15) is 9.18 Å². The van der Waals surface area contributed by atoms with E-state index in [1.54, 1.807) is 12.1 Å². The van der Waals surface area contributed by atoms with Gasteiger partial charge in [0.2, 0.25) is 0 Å². The number of aryl methyl sites for hydroxylation is 1. The molecule has 0 atom stereocenters. The molecule has 0 N–H and O–H groups in total. The van der Waals surface area contributed by atoms with Crippen molar-refractivity contribution in [3.05, 3.63) is 101 Å². The van der Waals surface area contributed by atoms with Gasteiger partial charge in [-0.2, -0.15) is 0 Å². The Bertz CT molecular complexity index is 995. The van der Waals surface area contributed by atoms with Crippen molar-refractivity contribution < 1.29 is 9.18 Å². The number of likely N-dealkylation sites (tertiary alicyclic amines) is 1. The molecule has 1 aliphatic rings. The molecule has 1 saturated heterocycles. The van der Waals surface area contributed by atoms with Crippen LogP contribution in [-0.4, -0.2) is 28.9 Å². The molecule has 1 aliphatic heterocycles. The number of pyridine rings is 1. The standard InChI is InChI=1S/C25H25FN2O/c1-18-14-20(15-19-6-5-9-23(26)16-19)17-24(27-18)21-10-12-28(13-11-21)25(29)22-7-3-2-4-8-22/h2-9,14,16-17,21H,10-13,15H2,1H3. The molecule has 0 unspecified atom stereocenters. The minimum atomic E-state index is -0.205. The molecule has 29 heavy (non-hydrogen) atoms.